The minimum absolute atomic E-state index is 0.0246. The minimum Gasteiger partial charge on any atom is -0.493 e. The molecule has 0 spiro atoms. The van der Waals surface area contributed by atoms with Gasteiger partial charge in [0.05, 0.1) is 11.0 Å². The predicted octanol–water partition coefficient (Wildman–Crippen LogP) is 2.41. The van der Waals surface area contributed by atoms with Crippen molar-refractivity contribution in [3.63, 3.8) is 0 Å². The third-order valence-corrected chi connectivity index (χ3v) is 5.22. The van der Waals surface area contributed by atoms with Crippen molar-refractivity contribution in [1.82, 2.24) is 0 Å². The minimum atomic E-state index is -3.06. The van der Waals surface area contributed by atoms with E-state index in [1.807, 2.05) is 12.1 Å². The zero-order valence-electron chi connectivity index (χ0n) is 12.3. The van der Waals surface area contributed by atoms with Gasteiger partial charge >= 0.3 is 0 Å². The summed E-state index contributed by atoms with van der Waals surface area (Å²) in [4.78, 5) is 10.9. The van der Waals surface area contributed by atoms with Crippen LogP contribution in [-0.4, -0.2) is 31.8 Å². The lowest BCUT2D eigenvalue weighted by Crippen LogP contribution is -2.22. The maximum Gasteiger partial charge on any atom is 0.155 e. The number of ketones is 1. The highest BCUT2D eigenvalue weighted by Gasteiger charge is 2.15. The molecular formula is C15H22O4S. The lowest BCUT2D eigenvalue weighted by Gasteiger charge is -2.09. The van der Waals surface area contributed by atoms with Crippen molar-refractivity contribution >= 4 is 15.6 Å². The van der Waals surface area contributed by atoms with E-state index in [0.29, 0.717) is 12.2 Å². The molecule has 0 aliphatic heterocycles. The molecule has 1 aromatic rings. The highest BCUT2D eigenvalue weighted by molar-refractivity contribution is 7.91. The van der Waals surface area contributed by atoms with Crippen LogP contribution in [0.5, 0.6) is 5.75 Å². The Labute approximate surface area is 121 Å². The van der Waals surface area contributed by atoms with Crippen LogP contribution in [0, 0.1) is 0 Å². The molecule has 0 unspecified atom stereocenters. The summed E-state index contributed by atoms with van der Waals surface area (Å²) in [7, 11) is -3.06. The van der Waals surface area contributed by atoms with Crippen LogP contribution < -0.4 is 4.74 Å². The summed E-state index contributed by atoms with van der Waals surface area (Å²) in [6.07, 6.45) is 1.25. The number of carbonyl (C=O) groups is 1. The summed E-state index contributed by atoms with van der Waals surface area (Å²) in [5.74, 6) is 0.844. The van der Waals surface area contributed by atoms with E-state index in [1.54, 1.807) is 32.9 Å². The highest BCUT2D eigenvalue weighted by atomic mass is 32.2. The van der Waals surface area contributed by atoms with Crippen LogP contribution >= 0.6 is 0 Å². The molecule has 0 aliphatic carbocycles. The van der Waals surface area contributed by atoms with E-state index in [0.717, 1.165) is 12.0 Å². The Kier molecular flexibility index (Phi) is 6.20. The molecule has 0 aliphatic rings. The van der Waals surface area contributed by atoms with Gasteiger partial charge in [-0.2, -0.15) is 0 Å². The van der Waals surface area contributed by atoms with E-state index >= 15 is 0 Å². The fourth-order valence-electron chi connectivity index (χ4n) is 1.58. The average Bonchev–Trinajstić information content (AvgIpc) is 2.37. The van der Waals surface area contributed by atoms with Crippen molar-refractivity contribution in [2.75, 3.05) is 12.4 Å². The zero-order chi connectivity index (χ0) is 15.2. The molecule has 5 heteroatoms. The van der Waals surface area contributed by atoms with Crippen molar-refractivity contribution < 1.29 is 17.9 Å². The Morgan fingerprint density at radius 1 is 1.20 bits per heavy atom. The second-order valence-corrected chi connectivity index (χ2v) is 7.79. The van der Waals surface area contributed by atoms with E-state index in [2.05, 4.69) is 0 Å². The topological polar surface area (TPSA) is 60.4 Å². The van der Waals surface area contributed by atoms with Crippen molar-refractivity contribution in [1.29, 1.82) is 0 Å². The second kappa shape index (κ2) is 7.43. The molecule has 0 saturated carbocycles. The monoisotopic (exact) mass is 298 g/mol. The van der Waals surface area contributed by atoms with Gasteiger partial charge in [-0.25, -0.2) is 8.42 Å². The lowest BCUT2D eigenvalue weighted by molar-refractivity contribution is -0.116. The predicted molar refractivity (Wildman–Crippen MR) is 79.9 cm³/mol. The van der Waals surface area contributed by atoms with Crippen molar-refractivity contribution in [3.05, 3.63) is 29.8 Å². The van der Waals surface area contributed by atoms with Gasteiger partial charge < -0.3 is 9.53 Å². The summed E-state index contributed by atoms with van der Waals surface area (Å²) in [6.45, 7) is 5.07. The number of sulfone groups is 1. The number of Topliss-reactive ketones (excluding diaryl/α,β-unsaturated/α-hetero) is 1. The number of ether oxygens (including phenoxy) is 1. The smallest absolute Gasteiger partial charge is 0.155 e. The SMILES string of the molecule is CC(=O)CCc1ccc(OCCS(=O)(=O)C(C)C)cc1. The summed E-state index contributed by atoms with van der Waals surface area (Å²) >= 11 is 0. The maximum atomic E-state index is 11.6. The molecule has 4 nitrogen and oxygen atoms in total. The van der Waals surface area contributed by atoms with E-state index < -0.39 is 9.84 Å². The van der Waals surface area contributed by atoms with Crippen LogP contribution in [0.4, 0.5) is 0 Å². The van der Waals surface area contributed by atoms with Crippen LogP contribution in [0.15, 0.2) is 24.3 Å². The summed E-state index contributed by atoms with van der Waals surface area (Å²) in [5, 5.41) is -0.375. The Morgan fingerprint density at radius 3 is 2.30 bits per heavy atom. The van der Waals surface area contributed by atoms with Crippen LogP contribution in [0.1, 0.15) is 32.8 Å². The molecule has 112 valence electrons. The molecule has 1 rings (SSSR count). The lowest BCUT2D eigenvalue weighted by atomic mass is 10.1. The van der Waals surface area contributed by atoms with E-state index in [-0.39, 0.29) is 23.4 Å². The number of rotatable bonds is 8. The molecule has 0 radical (unpaired) electrons. The van der Waals surface area contributed by atoms with Crippen molar-refractivity contribution in [2.24, 2.45) is 0 Å². The third kappa shape index (κ3) is 5.74. The van der Waals surface area contributed by atoms with Gasteiger partial charge in [0.25, 0.3) is 0 Å². The summed E-state index contributed by atoms with van der Waals surface area (Å²) < 4.78 is 28.6. The zero-order valence-corrected chi connectivity index (χ0v) is 13.1. The summed E-state index contributed by atoms with van der Waals surface area (Å²) in [5.41, 5.74) is 1.07. The average molecular weight is 298 g/mol. The van der Waals surface area contributed by atoms with Gasteiger partial charge in [-0.1, -0.05) is 12.1 Å². The molecule has 0 aromatic heterocycles. The normalized spacial score (nSPS) is 11.6. The number of benzene rings is 1. The Hall–Kier alpha value is -1.36. The molecule has 0 saturated heterocycles. The van der Waals surface area contributed by atoms with Crippen LogP contribution in [0.3, 0.4) is 0 Å². The van der Waals surface area contributed by atoms with Gasteiger partial charge in [-0.15, -0.1) is 0 Å². The molecule has 0 heterocycles. The first-order valence-corrected chi connectivity index (χ1v) is 8.45. The highest BCUT2D eigenvalue weighted by Crippen LogP contribution is 2.14. The maximum absolute atomic E-state index is 11.6. The molecule has 1 aromatic carbocycles. The molecule has 0 N–H and O–H groups in total. The van der Waals surface area contributed by atoms with Gasteiger partial charge in [0.2, 0.25) is 0 Å². The first-order valence-electron chi connectivity index (χ1n) is 6.74. The van der Waals surface area contributed by atoms with Gasteiger partial charge in [-0.05, 0) is 44.9 Å². The van der Waals surface area contributed by atoms with Crippen molar-refractivity contribution in [3.8, 4) is 5.75 Å². The van der Waals surface area contributed by atoms with E-state index in [1.165, 1.54) is 0 Å². The standard InChI is InChI=1S/C15H22O4S/c1-12(2)20(17,18)11-10-19-15-8-6-14(7-9-15)5-4-13(3)16/h6-9,12H,4-5,10-11H2,1-3H3. The van der Waals surface area contributed by atoms with Gasteiger partial charge in [0.1, 0.15) is 18.1 Å². The van der Waals surface area contributed by atoms with E-state index in [4.69, 9.17) is 4.74 Å². The van der Waals surface area contributed by atoms with Crippen molar-refractivity contribution in [2.45, 2.75) is 38.9 Å². The third-order valence-electron chi connectivity index (χ3n) is 3.04. The fourth-order valence-corrected chi connectivity index (χ4v) is 2.37. The molecule has 0 amide bonds. The Morgan fingerprint density at radius 2 is 1.80 bits per heavy atom. The Balaban J connectivity index is 2.44. The van der Waals surface area contributed by atoms with Crippen LogP contribution in [0.2, 0.25) is 0 Å². The van der Waals surface area contributed by atoms with Gasteiger partial charge in [0.15, 0.2) is 9.84 Å². The largest absolute Gasteiger partial charge is 0.493 e. The Bertz CT molecular complexity index is 529. The molecule has 0 fully saturated rings. The second-order valence-electron chi connectivity index (χ2n) is 5.11. The number of hydrogen-bond donors (Lipinski definition) is 0. The van der Waals surface area contributed by atoms with Gasteiger partial charge in [-0.3, -0.25) is 0 Å². The first kappa shape index (κ1) is 16.7. The van der Waals surface area contributed by atoms with Gasteiger partial charge in [0, 0.05) is 6.42 Å². The summed E-state index contributed by atoms with van der Waals surface area (Å²) in [6, 6.07) is 7.40. The molecule has 0 atom stereocenters. The number of carbonyl (C=O) groups excluding carboxylic acids is 1. The number of hydrogen-bond acceptors (Lipinski definition) is 4. The first-order chi connectivity index (χ1) is 9.31. The number of aryl methyl sites for hydroxylation is 1. The van der Waals surface area contributed by atoms with Crippen LogP contribution in [0.25, 0.3) is 0 Å². The molecule has 20 heavy (non-hydrogen) atoms. The molecular weight excluding hydrogens is 276 g/mol. The fraction of sp³-hybridized carbons (Fsp3) is 0.533. The molecule has 0 bridgehead atoms. The quantitative estimate of drug-likeness (QED) is 0.739. The van der Waals surface area contributed by atoms with E-state index in [9.17, 15) is 13.2 Å². The van der Waals surface area contributed by atoms with Crippen LogP contribution in [-0.2, 0) is 21.1 Å².